The van der Waals surface area contributed by atoms with Crippen LogP contribution in [0.3, 0.4) is 0 Å². The number of amides is 1. The molecule has 0 aromatic carbocycles. The Balaban J connectivity index is 1.91. The van der Waals surface area contributed by atoms with Crippen LogP contribution < -0.4 is 5.73 Å². The predicted octanol–water partition coefficient (Wildman–Crippen LogP) is -0.0535. The van der Waals surface area contributed by atoms with Gasteiger partial charge in [-0.2, -0.15) is 0 Å². The van der Waals surface area contributed by atoms with Crippen LogP contribution in [0.1, 0.15) is 16.1 Å². The second-order valence-corrected chi connectivity index (χ2v) is 4.49. The summed E-state index contributed by atoms with van der Waals surface area (Å²) in [7, 11) is 1.76. The summed E-state index contributed by atoms with van der Waals surface area (Å²) in [4.78, 5) is 17.7. The highest BCUT2D eigenvalue weighted by atomic mass is 16.2. The number of hydrogen-bond donors (Lipinski definition) is 1. The van der Waals surface area contributed by atoms with E-state index in [-0.39, 0.29) is 5.91 Å². The van der Waals surface area contributed by atoms with Crippen LogP contribution in [0, 0.1) is 0 Å². The summed E-state index contributed by atoms with van der Waals surface area (Å²) >= 11 is 0. The molecule has 0 unspecified atom stereocenters. The molecule has 2 rings (SSSR count). The third-order valence-electron chi connectivity index (χ3n) is 2.95. The lowest BCUT2D eigenvalue weighted by atomic mass is 10.2. The van der Waals surface area contributed by atoms with Gasteiger partial charge in [-0.15, -0.1) is 5.10 Å². The van der Waals surface area contributed by atoms with E-state index in [0.717, 1.165) is 12.0 Å². The molecule has 0 spiro atoms. The minimum Gasteiger partial charge on any atom is -0.340 e. The molecule has 0 aliphatic carbocycles. The van der Waals surface area contributed by atoms with Gasteiger partial charge in [0.15, 0.2) is 5.69 Å². The molecule has 2 N–H and O–H groups in total. The van der Waals surface area contributed by atoms with Gasteiger partial charge in [0, 0.05) is 32.5 Å². The van der Waals surface area contributed by atoms with Gasteiger partial charge in [-0.1, -0.05) is 5.21 Å². The van der Waals surface area contributed by atoms with Crippen molar-refractivity contribution in [3.05, 3.63) is 42.0 Å². The Labute approximate surface area is 117 Å². The van der Waals surface area contributed by atoms with Crippen molar-refractivity contribution in [2.24, 2.45) is 5.73 Å². The molecule has 2 heterocycles. The van der Waals surface area contributed by atoms with E-state index in [4.69, 9.17) is 5.73 Å². The first-order chi connectivity index (χ1) is 9.70. The molecule has 0 saturated heterocycles. The summed E-state index contributed by atoms with van der Waals surface area (Å²) in [5, 5.41) is 7.73. The van der Waals surface area contributed by atoms with E-state index in [1.165, 1.54) is 0 Å². The molecule has 106 valence electrons. The minimum atomic E-state index is -0.137. The van der Waals surface area contributed by atoms with E-state index in [1.54, 1.807) is 35.2 Å². The summed E-state index contributed by atoms with van der Waals surface area (Å²) in [5.41, 5.74) is 6.92. The molecule has 1 amide bonds. The highest BCUT2D eigenvalue weighted by Gasteiger charge is 2.15. The summed E-state index contributed by atoms with van der Waals surface area (Å²) in [5.74, 6) is -0.137. The van der Waals surface area contributed by atoms with Crippen LogP contribution >= 0.6 is 0 Å². The molecular formula is C13H18N6O. The van der Waals surface area contributed by atoms with Crippen LogP contribution in [0.2, 0.25) is 0 Å². The van der Waals surface area contributed by atoms with Gasteiger partial charge < -0.3 is 10.6 Å². The normalized spacial score (nSPS) is 10.5. The Morgan fingerprint density at radius 3 is 2.85 bits per heavy atom. The third kappa shape index (κ3) is 3.61. The lowest BCUT2D eigenvalue weighted by Gasteiger charge is -2.15. The molecule has 2 aromatic rings. The van der Waals surface area contributed by atoms with E-state index in [1.807, 2.05) is 12.1 Å². The first-order valence-corrected chi connectivity index (χ1v) is 6.45. The number of carbonyl (C=O) groups excluding carboxylic acids is 1. The summed E-state index contributed by atoms with van der Waals surface area (Å²) in [6.45, 7) is 1.64. The Morgan fingerprint density at radius 2 is 2.15 bits per heavy atom. The molecule has 0 radical (unpaired) electrons. The maximum absolute atomic E-state index is 12.1. The highest BCUT2D eigenvalue weighted by molar-refractivity contribution is 5.91. The van der Waals surface area contributed by atoms with Gasteiger partial charge in [0.25, 0.3) is 5.91 Å². The molecule has 7 heteroatoms. The van der Waals surface area contributed by atoms with Crippen molar-refractivity contribution in [1.82, 2.24) is 24.9 Å². The molecule has 0 fully saturated rings. The zero-order valence-electron chi connectivity index (χ0n) is 11.4. The fourth-order valence-electron chi connectivity index (χ4n) is 1.78. The third-order valence-corrected chi connectivity index (χ3v) is 2.95. The van der Waals surface area contributed by atoms with Crippen LogP contribution in [0.4, 0.5) is 0 Å². The van der Waals surface area contributed by atoms with Crippen molar-refractivity contribution in [3.63, 3.8) is 0 Å². The molecule has 0 atom stereocenters. The van der Waals surface area contributed by atoms with Crippen molar-refractivity contribution in [2.45, 2.75) is 13.0 Å². The van der Waals surface area contributed by atoms with Gasteiger partial charge in [-0.05, 0) is 24.1 Å². The average Bonchev–Trinajstić information content (AvgIpc) is 2.94. The van der Waals surface area contributed by atoms with Gasteiger partial charge in [-0.25, -0.2) is 0 Å². The van der Waals surface area contributed by atoms with E-state index in [0.29, 0.717) is 25.3 Å². The van der Waals surface area contributed by atoms with E-state index in [2.05, 4.69) is 15.3 Å². The van der Waals surface area contributed by atoms with Crippen LogP contribution in [-0.2, 0) is 13.0 Å². The number of nitrogens with two attached hydrogens (primary N) is 1. The molecule has 7 nitrogen and oxygen atoms in total. The molecule has 0 bridgehead atoms. The molecule has 2 aromatic heterocycles. The first-order valence-electron chi connectivity index (χ1n) is 6.45. The quantitative estimate of drug-likeness (QED) is 0.797. The number of hydrogen-bond acceptors (Lipinski definition) is 5. The average molecular weight is 274 g/mol. The standard InChI is InChI=1S/C13H18N6O/c1-18(8-4-11-2-6-15-7-3-11)13(20)12-10-19(9-5-14)17-16-12/h2-3,6-7,10H,4-5,8-9,14H2,1H3. The number of nitrogens with zero attached hydrogens (tertiary/aromatic N) is 5. The van der Waals surface area contributed by atoms with Gasteiger partial charge in [0.05, 0.1) is 12.7 Å². The molecular weight excluding hydrogens is 256 g/mol. The topological polar surface area (TPSA) is 89.9 Å². The number of pyridine rings is 1. The lowest BCUT2D eigenvalue weighted by molar-refractivity contribution is 0.0790. The maximum atomic E-state index is 12.1. The highest BCUT2D eigenvalue weighted by Crippen LogP contribution is 2.03. The van der Waals surface area contributed by atoms with Crippen LogP contribution in [-0.4, -0.2) is 50.9 Å². The van der Waals surface area contributed by atoms with Crippen molar-refractivity contribution >= 4 is 5.91 Å². The van der Waals surface area contributed by atoms with Crippen molar-refractivity contribution in [1.29, 1.82) is 0 Å². The summed E-state index contributed by atoms with van der Waals surface area (Å²) < 4.78 is 1.57. The Bertz CT molecular complexity index is 553. The number of rotatable bonds is 6. The second kappa shape index (κ2) is 6.76. The molecule has 0 aliphatic rings. The maximum Gasteiger partial charge on any atom is 0.275 e. The molecule has 20 heavy (non-hydrogen) atoms. The summed E-state index contributed by atoms with van der Waals surface area (Å²) in [6.07, 6.45) is 5.89. The first kappa shape index (κ1) is 14.1. The summed E-state index contributed by atoms with van der Waals surface area (Å²) in [6, 6.07) is 3.88. The SMILES string of the molecule is CN(CCc1ccncc1)C(=O)c1cn(CCN)nn1. The Hall–Kier alpha value is -2.28. The van der Waals surface area contributed by atoms with Crippen LogP contribution in [0.25, 0.3) is 0 Å². The van der Waals surface area contributed by atoms with Gasteiger partial charge in [0.2, 0.25) is 0 Å². The monoisotopic (exact) mass is 274 g/mol. The minimum absolute atomic E-state index is 0.137. The zero-order valence-corrected chi connectivity index (χ0v) is 11.4. The van der Waals surface area contributed by atoms with Crippen molar-refractivity contribution < 1.29 is 4.79 Å². The zero-order chi connectivity index (χ0) is 14.4. The number of likely N-dealkylation sites (N-methyl/N-ethyl adjacent to an activating group) is 1. The lowest BCUT2D eigenvalue weighted by Crippen LogP contribution is -2.29. The van der Waals surface area contributed by atoms with E-state index >= 15 is 0 Å². The van der Waals surface area contributed by atoms with Crippen molar-refractivity contribution in [2.75, 3.05) is 20.1 Å². The smallest absolute Gasteiger partial charge is 0.275 e. The number of carbonyl (C=O) groups is 1. The van der Waals surface area contributed by atoms with Gasteiger partial charge >= 0.3 is 0 Å². The van der Waals surface area contributed by atoms with Gasteiger partial charge in [-0.3, -0.25) is 14.5 Å². The predicted molar refractivity (Wildman–Crippen MR) is 74.0 cm³/mol. The fourth-order valence-corrected chi connectivity index (χ4v) is 1.78. The van der Waals surface area contributed by atoms with Gasteiger partial charge in [0.1, 0.15) is 0 Å². The van der Waals surface area contributed by atoms with Crippen molar-refractivity contribution in [3.8, 4) is 0 Å². The second-order valence-electron chi connectivity index (χ2n) is 4.49. The fraction of sp³-hybridized carbons (Fsp3) is 0.385. The van der Waals surface area contributed by atoms with Crippen LogP contribution in [0.5, 0.6) is 0 Å². The Morgan fingerprint density at radius 1 is 1.40 bits per heavy atom. The molecule has 0 saturated carbocycles. The van der Waals surface area contributed by atoms with E-state index in [9.17, 15) is 4.79 Å². The van der Waals surface area contributed by atoms with Crippen LogP contribution in [0.15, 0.2) is 30.7 Å². The Kier molecular flexibility index (Phi) is 4.78. The largest absolute Gasteiger partial charge is 0.340 e. The number of aromatic nitrogens is 4. The van der Waals surface area contributed by atoms with E-state index < -0.39 is 0 Å². The molecule has 0 aliphatic heterocycles.